The molecule has 0 radical (unpaired) electrons. The predicted molar refractivity (Wildman–Crippen MR) is 33.7 cm³/mol. The number of nitrogens with two attached hydrogens (primary N) is 2. The second-order valence-corrected chi connectivity index (χ2v) is 1.11. The van der Waals surface area contributed by atoms with E-state index in [0.717, 1.165) is 0 Å². The van der Waals surface area contributed by atoms with Gasteiger partial charge < -0.3 is 11.6 Å². The predicted octanol–water partition coefficient (Wildman–Crippen LogP) is -1.67. The van der Waals surface area contributed by atoms with Crippen LogP contribution in [0.15, 0.2) is 5.10 Å². The molecule has 50 valence electrons. The molecule has 0 saturated carbocycles. The second kappa shape index (κ2) is 4.74. The smallest absolute Gasteiger partial charge is 0.234 e. The quantitative estimate of drug-likeness (QED) is 0.104. The van der Waals surface area contributed by atoms with Crippen LogP contribution in [0.2, 0.25) is 0 Å². The van der Waals surface area contributed by atoms with Crippen molar-refractivity contribution < 1.29 is 4.84 Å². The molecule has 0 spiro atoms. The van der Waals surface area contributed by atoms with Crippen molar-refractivity contribution in [2.75, 3.05) is 6.61 Å². The lowest BCUT2D eigenvalue weighted by atomic mass is 10.8. The minimum Gasteiger partial charge on any atom is -0.367 e. The summed E-state index contributed by atoms with van der Waals surface area (Å²) in [5.74, 6) is 6.93. The van der Waals surface area contributed by atoms with Crippen molar-refractivity contribution in [2.24, 2.45) is 16.7 Å². The lowest BCUT2D eigenvalue weighted by Crippen LogP contribution is -2.32. The lowest BCUT2D eigenvalue weighted by Gasteiger charge is -1.99. The topological polar surface area (TPSA) is 85.7 Å². The number of hydroxylamine groups is 1. The number of hydrogen-bond acceptors (Lipinski definition) is 3. The number of hydrogen-bond donors (Lipinski definition) is 3. The molecule has 5 nitrogen and oxygen atoms in total. The highest BCUT2D eigenvalue weighted by atomic mass is 16.6. The van der Waals surface area contributed by atoms with Crippen molar-refractivity contribution in [1.82, 2.24) is 5.48 Å². The third-order valence-corrected chi connectivity index (χ3v) is 0.471. The van der Waals surface area contributed by atoms with Crippen molar-refractivity contribution in [1.29, 1.82) is 0 Å². The molecule has 0 fully saturated rings. The summed E-state index contributed by atoms with van der Waals surface area (Å²) in [5.41, 5.74) is 7.23. The van der Waals surface area contributed by atoms with E-state index in [2.05, 4.69) is 21.3 Å². The van der Waals surface area contributed by atoms with E-state index in [1.54, 1.807) is 0 Å². The van der Waals surface area contributed by atoms with E-state index in [4.69, 9.17) is 18.0 Å². The Balaban J connectivity index is 3.20. The van der Waals surface area contributed by atoms with Crippen molar-refractivity contribution in [3.05, 3.63) is 0 Å². The van der Waals surface area contributed by atoms with Crippen LogP contribution in [0.1, 0.15) is 0 Å². The van der Waals surface area contributed by atoms with E-state index in [-0.39, 0.29) is 12.6 Å². The number of rotatable bonds is 2. The summed E-state index contributed by atoms with van der Waals surface area (Å²) >= 11 is 0. The Morgan fingerprint density at radius 1 is 1.89 bits per heavy atom. The zero-order valence-electron chi connectivity index (χ0n) is 4.79. The van der Waals surface area contributed by atoms with Gasteiger partial charge in [0.15, 0.2) is 0 Å². The molecule has 0 bridgehead atoms. The van der Waals surface area contributed by atoms with Gasteiger partial charge in [-0.05, 0) is 0 Å². The highest BCUT2D eigenvalue weighted by molar-refractivity contribution is 5.76. The first-order valence-electron chi connectivity index (χ1n) is 2.16. The van der Waals surface area contributed by atoms with Gasteiger partial charge in [0.2, 0.25) is 5.96 Å². The largest absolute Gasteiger partial charge is 0.367 e. The summed E-state index contributed by atoms with van der Waals surface area (Å²) in [6.45, 7) is 0.121. The first-order chi connectivity index (χ1) is 4.31. The fourth-order valence-electron chi connectivity index (χ4n) is 0.178. The third kappa shape index (κ3) is 4.44. The van der Waals surface area contributed by atoms with Gasteiger partial charge in [-0.3, -0.25) is 4.84 Å². The van der Waals surface area contributed by atoms with Gasteiger partial charge in [0.05, 0.1) is 0 Å². The van der Waals surface area contributed by atoms with E-state index in [1.165, 1.54) is 0 Å². The standard InChI is InChI=1S/C4H8N4O/c1-2-3-9-8-4(5)7-6/h1H,3,6H2,(H3,5,7,8). The van der Waals surface area contributed by atoms with E-state index in [0.29, 0.717) is 0 Å². The Morgan fingerprint density at radius 3 is 3.00 bits per heavy atom. The van der Waals surface area contributed by atoms with Crippen molar-refractivity contribution in [3.63, 3.8) is 0 Å². The summed E-state index contributed by atoms with van der Waals surface area (Å²) in [6.07, 6.45) is 4.83. The zero-order valence-corrected chi connectivity index (χ0v) is 4.79. The summed E-state index contributed by atoms with van der Waals surface area (Å²) in [6, 6.07) is 0. The summed E-state index contributed by atoms with van der Waals surface area (Å²) in [7, 11) is 0. The number of terminal acetylenes is 1. The molecule has 0 unspecified atom stereocenters. The SMILES string of the molecule is C#CCON/C(N)=N/N. The Morgan fingerprint density at radius 2 is 2.56 bits per heavy atom. The Kier molecular flexibility index (Phi) is 4.00. The molecule has 0 rings (SSSR count). The maximum absolute atomic E-state index is 5.03. The van der Waals surface area contributed by atoms with Crippen molar-refractivity contribution >= 4 is 5.96 Å². The van der Waals surface area contributed by atoms with Crippen LogP contribution < -0.4 is 17.1 Å². The normalized spacial score (nSPS) is 10.3. The maximum Gasteiger partial charge on any atom is 0.234 e. The van der Waals surface area contributed by atoms with Gasteiger partial charge in [0, 0.05) is 0 Å². The molecule has 0 aliphatic rings. The van der Waals surface area contributed by atoms with Crippen LogP contribution in [0, 0.1) is 12.3 Å². The zero-order chi connectivity index (χ0) is 7.11. The molecular weight excluding hydrogens is 120 g/mol. The van der Waals surface area contributed by atoms with E-state index in [9.17, 15) is 0 Å². The minimum atomic E-state index is -0.00903. The summed E-state index contributed by atoms with van der Waals surface area (Å²) in [4.78, 5) is 4.51. The fourth-order valence-corrected chi connectivity index (χ4v) is 0.178. The number of nitrogens with zero attached hydrogens (tertiary/aromatic N) is 1. The molecule has 0 aromatic carbocycles. The Hall–Kier alpha value is -1.41. The molecule has 0 heterocycles. The second-order valence-electron chi connectivity index (χ2n) is 1.11. The highest BCUT2D eigenvalue weighted by Crippen LogP contribution is 1.61. The van der Waals surface area contributed by atoms with Crippen molar-refractivity contribution in [3.8, 4) is 12.3 Å². The average Bonchev–Trinajstić information content (AvgIpc) is 1.89. The Bertz CT molecular complexity index is 136. The molecule has 0 aliphatic carbocycles. The van der Waals surface area contributed by atoms with Crippen LogP contribution in [-0.2, 0) is 4.84 Å². The average molecular weight is 128 g/mol. The van der Waals surface area contributed by atoms with Gasteiger partial charge in [0.25, 0.3) is 0 Å². The first kappa shape index (κ1) is 7.59. The summed E-state index contributed by atoms with van der Waals surface area (Å²) in [5, 5.41) is 3.05. The van der Waals surface area contributed by atoms with Gasteiger partial charge in [0.1, 0.15) is 6.61 Å². The molecular formula is C4H8N4O. The van der Waals surface area contributed by atoms with Crippen LogP contribution in [0.25, 0.3) is 0 Å². The number of guanidine groups is 1. The summed E-state index contributed by atoms with van der Waals surface area (Å²) < 4.78 is 0. The minimum absolute atomic E-state index is 0.00903. The number of hydrazone groups is 1. The van der Waals surface area contributed by atoms with Crippen LogP contribution in [0.4, 0.5) is 0 Å². The van der Waals surface area contributed by atoms with Crippen LogP contribution in [-0.4, -0.2) is 12.6 Å². The molecule has 0 aromatic heterocycles. The van der Waals surface area contributed by atoms with Crippen LogP contribution in [0.3, 0.4) is 0 Å². The van der Waals surface area contributed by atoms with Gasteiger partial charge in [-0.1, -0.05) is 5.92 Å². The molecule has 0 atom stereocenters. The highest BCUT2D eigenvalue weighted by Gasteiger charge is 1.84. The Labute approximate surface area is 53.0 Å². The molecule has 5 N–H and O–H groups in total. The van der Waals surface area contributed by atoms with Crippen LogP contribution >= 0.6 is 0 Å². The van der Waals surface area contributed by atoms with Crippen molar-refractivity contribution in [2.45, 2.75) is 0 Å². The molecule has 0 aliphatic heterocycles. The van der Waals surface area contributed by atoms with E-state index >= 15 is 0 Å². The fraction of sp³-hybridized carbons (Fsp3) is 0.250. The molecule has 0 aromatic rings. The molecule has 9 heavy (non-hydrogen) atoms. The monoisotopic (exact) mass is 128 g/mol. The van der Waals surface area contributed by atoms with E-state index in [1.807, 2.05) is 0 Å². The van der Waals surface area contributed by atoms with Gasteiger partial charge >= 0.3 is 0 Å². The van der Waals surface area contributed by atoms with E-state index < -0.39 is 0 Å². The van der Waals surface area contributed by atoms with Gasteiger partial charge in [-0.25, -0.2) is 5.48 Å². The third-order valence-electron chi connectivity index (χ3n) is 0.471. The molecule has 5 heteroatoms. The van der Waals surface area contributed by atoms with Gasteiger partial charge in [-0.2, -0.15) is 0 Å². The van der Waals surface area contributed by atoms with Crippen LogP contribution in [0.5, 0.6) is 0 Å². The maximum atomic E-state index is 5.03. The molecule has 0 saturated heterocycles. The molecule has 0 amide bonds. The number of nitrogens with one attached hydrogen (secondary N) is 1. The van der Waals surface area contributed by atoms with Gasteiger partial charge in [-0.15, -0.1) is 11.5 Å². The lowest BCUT2D eigenvalue weighted by molar-refractivity contribution is 0.114. The first-order valence-corrected chi connectivity index (χ1v) is 2.16.